The molecular weight excluding hydrogens is 310 g/mol. The molecule has 1 aromatic rings. The smallest absolute Gasteiger partial charge is 0.231 e. The highest BCUT2D eigenvalue weighted by atomic mass is 35.5. The normalized spacial score (nSPS) is 21.6. The molecule has 5 nitrogen and oxygen atoms in total. The van der Waals surface area contributed by atoms with Crippen LogP contribution in [0.3, 0.4) is 0 Å². The SMILES string of the molecule is O=C(NC1=NCCS1)[C@@H]1CC(=O)N(c2ccc(Cl)cc2)C1. The molecule has 3 rings (SSSR count). The second-order valence-corrected chi connectivity index (χ2v) is 6.43. The Morgan fingerprint density at radius 2 is 2.14 bits per heavy atom. The number of nitrogens with one attached hydrogen (secondary N) is 1. The number of aliphatic imine (C=N–C) groups is 1. The fourth-order valence-corrected chi connectivity index (χ4v) is 3.23. The lowest BCUT2D eigenvalue weighted by Crippen LogP contribution is -2.35. The standard InChI is InChI=1S/C14H14ClN3O2S/c15-10-1-3-11(4-2-10)18-8-9(7-12(18)19)13(20)17-14-16-5-6-21-14/h1-4,9H,5-8H2,(H,16,17,20)/t9-/m1/s1. The summed E-state index contributed by atoms with van der Waals surface area (Å²) in [5, 5.41) is 4.08. The molecule has 110 valence electrons. The topological polar surface area (TPSA) is 61.8 Å². The number of carbonyl (C=O) groups excluding carboxylic acids is 2. The van der Waals surface area contributed by atoms with Crippen LogP contribution < -0.4 is 10.2 Å². The van der Waals surface area contributed by atoms with Crippen LogP contribution in [0.15, 0.2) is 29.3 Å². The fraction of sp³-hybridized carbons (Fsp3) is 0.357. The Labute approximate surface area is 131 Å². The molecule has 7 heteroatoms. The molecule has 0 spiro atoms. The molecule has 21 heavy (non-hydrogen) atoms. The molecule has 0 aromatic heterocycles. The van der Waals surface area contributed by atoms with E-state index >= 15 is 0 Å². The monoisotopic (exact) mass is 323 g/mol. The lowest BCUT2D eigenvalue weighted by atomic mass is 10.1. The minimum absolute atomic E-state index is 0.0431. The third-order valence-electron chi connectivity index (χ3n) is 3.45. The zero-order valence-electron chi connectivity index (χ0n) is 11.2. The quantitative estimate of drug-likeness (QED) is 0.904. The van der Waals surface area contributed by atoms with Gasteiger partial charge in [-0.25, -0.2) is 0 Å². The fourth-order valence-electron chi connectivity index (χ4n) is 2.37. The maximum absolute atomic E-state index is 12.2. The van der Waals surface area contributed by atoms with Crippen molar-refractivity contribution in [3.63, 3.8) is 0 Å². The number of nitrogens with zero attached hydrogens (tertiary/aromatic N) is 2. The van der Waals surface area contributed by atoms with E-state index in [9.17, 15) is 9.59 Å². The molecule has 1 aromatic carbocycles. The minimum atomic E-state index is -0.336. The van der Waals surface area contributed by atoms with Gasteiger partial charge in [0.25, 0.3) is 0 Å². The van der Waals surface area contributed by atoms with Crippen molar-refractivity contribution >= 4 is 46.0 Å². The second kappa shape index (κ2) is 6.07. The average Bonchev–Trinajstić information content (AvgIpc) is 3.09. The van der Waals surface area contributed by atoms with Gasteiger partial charge in [-0.2, -0.15) is 0 Å². The van der Waals surface area contributed by atoms with Crippen molar-refractivity contribution in [2.75, 3.05) is 23.7 Å². The van der Waals surface area contributed by atoms with Crippen LogP contribution in [0.1, 0.15) is 6.42 Å². The third kappa shape index (κ3) is 3.22. The van der Waals surface area contributed by atoms with Crippen LogP contribution in [0.4, 0.5) is 5.69 Å². The Kier molecular flexibility index (Phi) is 4.17. The van der Waals surface area contributed by atoms with Crippen LogP contribution in [-0.4, -0.2) is 35.8 Å². The van der Waals surface area contributed by atoms with E-state index in [1.165, 1.54) is 11.8 Å². The van der Waals surface area contributed by atoms with E-state index in [1.54, 1.807) is 29.2 Å². The first-order valence-electron chi connectivity index (χ1n) is 6.67. The zero-order valence-corrected chi connectivity index (χ0v) is 12.8. The van der Waals surface area contributed by atoms with Gasteiger partial charge in [-0.3, -0.25) is 14.6 Å². The molecule has 2 heterocycles. The Morgan fingerprint density at radius 1 is 1.38 bits per heavy atom. The van der Waals surface area contributed by atoms with E-state index in [1.807, 2.05) is 0 Å². The molecule has 2 aliphatic heterocycles. The van der Waals surface area contributed by atoms with Crippen molar-refractivity contribution in [3.05, 3.63) is 29.3 Å². The summed E-state index contributed by atoms with van der Waals surface area (Å²) in [6, 6.07) is 7.05. The number of amidine groups is 1. The molecular formula is C14H14ClN3O2S. The van der Waals surface area contributed by atoms with Gasteiger partial charge in [0.2, 0.25) is 11.8 Å². The number of carbonyl (C=O) groups is 2. The van der Waals surface area contributed by atoms with Crippen LogP contribution >= 0.6 is 23.4 Å². The Balaban J connectivity index is 1.66. The molecule has 1 fully saturated rings. The van der Waals surface area contributed by atoms with Crippen molar-refractivity contribution in [2.45, 2.75) is 6.42 Å². The summed E-state index contributed by atoms with van der Waals surface area (Å²) in [6.07, 6.45) is 0.229. The van der Waals surface area contributed by atoms with Crippen LogP contribution in [0.25, 0.3) is 0 Å². The number of benzene rings is 1. The van der Waals surface area contributed by atoms with Crippen LogP contribution in [0.5, 0.6) is 0 Å². The van der Waals surface area contributed by atoms with Gasteiger partial charge in [0, 0.05) is 29.4 Å². The Bertz CT molecular complexity index is 603. The number of thioether (sulfide) groups is 1. The maximum Gasteiger partial charge on any atom is 0.231 e. The number of anilines is 1. The average molecular weight is 324 g/mol. The maximum atomic E-state index is 12.2. The third-order valence-corrected chi connectivity index (χ3v) is 4.59. The first kappa shape index (κ1) is 14.4. The number of hydrogen-bond donors (Lipinski definition) is 1. The lowest BCUT2D eigenvalue weighted by Gasteiger charge is -2.16. The highest BCUT2D eigenvalue weighted by Crippen LogP contribution is 2.26. The molecule has 1 N–H and O–H groups in total. The van der Waals surface area contributed by atoms with Crippen LogP contribution in [-0.2, 0) is 9.59 Å². The number of amides is 2. The van der Waals surface area contributed by atoms with E-state index in [-0.39, 0.29) is 24.2 Å². The highest BCUT2D eigenvalue weighted by molar-refractivity contribution is 8.14. The summed E-state index contributed by atoms with van der Waals surface area (Å²) >= 11 is 7.38. The zero-order chi connectivity index (χ0) is 14.8. The summed E-state index contributed by atoms with van der Waals surface area (Å²) in [7, 11) is 0. The summed E-state index contributed by atoms with van der Waals surface area (Å²) < 4.78 is 0. The minimum Gasteiger partial charge on any atom is -0.312 e. The molecule has 2 amide bonds. The summed E-state index contributed by atoms with van der Waals surface area (Å²) in [4.78, 5) is 30.1. The first-order valence-corrected chi connectivity index (χ1v) is 8.04. The highest BCUT2D eigenvalue weighted by Gasteiger charge is 2.35. The Hall–Kier alpha value is -1.53. The molecule has 0 bridgehead atoms. The predicted octanol–water partition coefficient (Wildman–Crippen LogP) is 1.91. The number of rotatable bonds is 2. The van der Waals surface area contributed by atoms with E-state index in [2.05, 4.69) is 10.3 Å². The lowest BCUT2D eigenvalue weighted by molar-refractivity contribution is -0.125. The van der Waals surface area contributed by atoms with Gasteiger partial charge in [0.15, 0.2) is 5.17 Å². The molecule has 1 saturated heterocycles. The molecule has 1 atom stereocenters. The Morgan fingerprint density at radius 3 is 2.81 bits per heavy atom. The van der Waals surface area contributed by atoms with Gasteiger partial charge in [-0.1, -0.05) is 23.4 Å². The van der Waals surface area contributed by atoms with Crippen molar-refractivity contribution in [3.8, 4) is 0 Å². The number of halogens is 1. The van der Waals surface area contributed by atoms with Crippen molar-refractivity contribution in [1.82, 2.24) is 5.32 Å². The van der Waals surface area contributed by atoms with E-state index in [0.29, 0.717) is 16.7 Å². The van der Waals surface area contributed by atoms with Gasteiger partial charge in [-0.05, 0) is 24.3 Å². The van der Waals surface area contributed by atoms with E-state index < -0.39 is 0 Å². The summed E-state index contributed by atoms with van der Waals surface area (Å²) in [5.41, 5.74) is 0.771. The molecule has 0 aliphatic carbocycles. The molecule has 2 aliphatic rings. The van der Waals surface area contributed by atoms with Crippen molar-refractivity contribution in [2.24, 2.45) is 10.9 Å². The van der Waals surface area contributed by atoms with Gasteiger partial charge >= 0.3 is 0 Å². The molecule has 0 unspecified atom stereocenters. The number of hydrogen-bond acceptors (Lipinski definition) is 4. The van der Waals surface area contributed by atoms with E-state index in [0.717, 1.165) is 18.0 Å². The van der Waals surface area contributed by atoms with Gasteiger partial charge in [0.1, 0.15) is 0 Å². The first-order chi connectivity index (χ1) is 10.1. The second-order valence-electron chi connectivity index (χ2n) is 4.91. The van der Waals surface area contributed by atoms with Crippen molar-refractivity contribution in [1.29, 1.82) is 0 Å². The summed E-state index contributed by atoms with van der Waals surface area (Å²) in [6.45, 7) is 1.13. The van der Waals surface area contributed by atoms with E-state index in [4.69, 9.17) is 11.6 Å². The van der Waals surface area contributed by atoms with Gasteiger partial charge in [0.05, 0.1) is 12.5 Å². The van der Waals surface area contributed by atoms with Crippen LogP contribution in [0, 0.1) is 5.92 Å². The van der Waals surface area contributed by atoms with Gasteiger partial charge < -0.3 is 10.2 Å². The van der Waals surface area contributed by atoms with Crippen LogP contribution in [0.2, 0.25) is 5.02 Å². The summed E-state index contributed by atoms with van der Waals surface area (Å²) in [5.74, 6) is 0.388. The van der Waals surface area contributed by atoms with Crippen molar-refractivity contribution < 1.29 is 9.59 Å². The van der Waals surface area contributed by atoms with Gasteiger partial charge in [-0.15, -0.1) is 0 Å². The predicted molar refractivity (Wildman–Crippen MR) is 84.8 cm³/mol. The largest absolute Gasteiger partial charge is 0.312 e. The molecule has 0 radical (unpaired) electrons. The molecule has 0 saturated carbocycles.